The predicted molar refractivity (Wildman–Crippen MR) is 85.6 cm³/mol. The summed E-state index contributed by atoms with van der Waals surface area (Å²) in [5.74, 6) is 2.02. The SMILES string of the molecule is Cc1ccc(Br)cc1Oc1cccc(OC(C)C)c1N. The first-order valence-electron chi connectivity index (χ1n) is 6.46. The van der Waals surface area contributed by atoms with Crippen LogP contribution in [0.15, 0.2) is 40.9 Å². The van der Waals surface area contributed by atoms with Crippen LogP contribution in [0, 0.1) is 6.92 Å². The second-order valence-electron chi connectivity index (χ2n) is 4.85. The van der Waals surface area contributed by atoms with Crippen molar-refractivity contribution < 1.29 is 9.47 Å². The summed E-state index contributed by atoms with van der Waals surface area (Å²) < 4.78 is 12.5. The first-order valence-corrected chi connectivity index (χ1v) is 7.26. The monoisotopic (exact) mass is 335 g/mol. The number of hydrogen-bond donors (Lipinski definition) is 1. The molecular formula is C16H18BrNO2. The van der Waals surface area contributed by atoms with Crippen LogP contribution in [0.3, 0.4) is 0 Å². The second kappa shape index (κ2) is 6.18. The molecule has 0 radical (unpaired) electrons. The highest BCUT2D eigenvalue weighted by Gasteiger charge is 2.10. The number of halogens is 1. The van der Waals surface area contributed by atoms with Crippen LogP contribution >= 0.6 is 15.9 Å². The van der Waals surface area contributed by atoms with E-state index < -0.39 is 0 Å². The zero-order valence-corrected chi connectivity index (χ0v) is 13.4. The molecule has 0 saturated carbocycles. The van der Waals surface area contributed by atoms with Crippen molar-refractivity contribution >= 4 is 21.6 Å². The Kier molecular flexibility index (Phi) is 4.55. The van der Waals surface area contributed by atoms with Crippen molar-refractivity contribution in [2.75, 3.05) is 5.73 Å². The Labute approximate surface area is 127 Å². The summed E-state index contributed by atoms with van der Waals surface area (Å²) in [6, 6.07) is 11.4. The molecular weight excluding hydrogens is 318 g/mol. The third kappa shape index (κ3) is 3.45. The minimum Gasteiger partial charge on any atom is -0.489 e. The van der Waals surface area contributed by atoms with Gasteiger partial charge in [0.05, 0.1) is 6.10 Å². The molecule has 0 amide bonds. The number of nitrogen functional groups attached to an aromatic ring is 1. The van der Waals surface area contributed by atoms with Crippen LogP contribution in [0.1, 0.15) is 19.4 Å². The molecule has 0 unspecified atom stereocenters. The zero-order chi connectivity index (χ0) is 14.7. The molecule has 0 heterocycles. The van der Waals surface area contributed by atoms with Gasteiger partial charge in [-0.15, -0.1) is 0 Å². The topological polar surface area (TPSA) is 44.5 Å². The van der Waals surface area contributed by atoms with E-state index in [0.29, 0.717) is 17.2 Å². The molecule has 0 spiro atoms. The van der Waals surface area contributed by atoms with Crippen LogP contribution in [-0.4, -0.2) is 6.10 Å². The molecule has 0 aliphatic heterocycles. The van der Waals surface area contributed by atoms with Gasteiger partial charge >= 0.3 is 0 Å². The fraction of sp³-hybridized carbons (Fsp3) is 0.250. The van der Waals surface area contributed by atoms with Crippen LogP contribution in [-0.2, 0) is 0 Å². The van der Waals surface area contributed by atoms with Gasteiger partial charge in [0, 0.05) is 4.47 Å². The Morgan fingerprint density at radius 1 is 1.05 bits per heavy atom. The lowest BCUT2D eigenvalue weighted by Gasteiger charge is -2.16. The number of para-hydroxylation sites is 1. The standard InChI is InChI=1S/C16H18BrNO2/c1-10(2)19-13-5-4-6-14(16(13)18)20-15-9-12(17)8-7-11(15)3/h4-10H,18H2,1-3H3. The summed E-state index contributed by atoms with van der Waals surface area (Å²) in [4.78, 5) is 0. The third-order valence-corrected chi connectivity index (χ3v) is 3.25. The van der Waals surface area contributed by atoms with Gasteiger partial charge in [0.2, 0.25) is 0 Å². The molecule has 2 rings (SSSR count). The third-order valence-electron chi connectivity index (χ3n) is 2.76. The highest BCUT2D eigenvalue weighted by molar-refractivity contribution is 9.10. The number of ether oxygens (including phenoxy) is 2. The van der Waals surface area contributed by atoms with Gasteiger partial charge in [0.1, 0.15) is 17.2 Å². The molecule has 0 atom stereocenters. The summed E-state index contributed by atoms with van der Waals surface area (Å²) >= 11 is 3.44. The van der Waals surface area contributed by atoms with Gasteiger partial charge in [0.25, 0.3) is 0 Å². The van der Waals surface area contributed by atoms with Gasteiger partial charge in [0.15, 0.2) is 5.75 Å². The number of aryl methyl sites for hydroxylation is 1. The zero-order valence-electron chi connectivity index (χ0n) is 11.8. The van der Waals surface area contributed by atoms with E-state index in [4.69, 9.17) is 15.2 Å². The lowest BCUT2D eigenvalue weighted by atomic mass is 10.2. The average Bonchev–Trinajstić information content (AvgIpc) is 2.38. The van der Waals surface area contributed by atoms with Crippen molar-refractivity contribution in [1.82, 2.24) is 0 Å². The maximum atomic E-state index is 6.11. The van der Waals surface area contributed by atoms with Crippen molar-refractivity contribution in [2.24, 2.45) is 0 Å². The van der Waals surface area contributed by atoms with Crippen molar-refractivity contribution in [3.63, 3.8) is 0 Å². The van der Waals surface area contributed by atoms with Crippen LogP contribution in [0.4, 0.5) is 5.69 Å². The highest BCUT2D eigenvalue weighted by Crippen LogP contribution is 2.36. The van der Waals surface area contributed by atoms with E-state index in [1.54, 1.807) is 0 Å². The Bertz CT molecular complexity index is 611. The summed E-state index contributed by atoms with van der Waals surface area (Å²) in [6.07, 6.45) is 0.0696. The summed E-state index contributed by atoms with van der Waals surface area (Å²) in [5.41, 5.74) is 7.66. The van der Waals surface area contributed by atoms with Crippen LogP contribution in [0.5, 0.6) is 17.2 Å². The minimum absolute atomic E-state index is 0.0696. The molecule has 2 aromatic carbocycles. The molecule has 2 N–H and O–H groups in total. The lowest BCUT2D eigenvalue weighted by molar-refractivity contribution is 0.243. The van der Waals surface area contributed by atoms with Crippen molar-refractivity contribution in [3.05, 3.63) is 46.4 Å². The largest absolute Gasteiger partial charge is 0.489 e. The van der Waals surface area contributed by atoms with Crippen LogP contribution in [0.25, 0.3) is 0 Å². The van der Waals surface area contributed by atoms with Gasteiger partial charge in [-0.2, -0.15) is 0 Å². The fourth-order valence-corrected chi connectivity index (χ4v) is 2.11. The second-order valence-corrected chi connectivity index (χ2v) is 5.76. The van der Waals surface area contributed by atoms with E-state index in [-0.39, 0.29) is 6.10 Å². The first kappa shape index (κ1) is 14.7. The van der Waals surface area contributed by atoms with Gasteiger partial charge in [-0.3, -0.25) is 0 Å². The molecule has 106 valence electrons. The molecule has 0 saturated heterocycles. The predicted octanol–water partition coefficient (Wildman–Crippen LogP) is 4.92. The molecule has 4 heteroatoms. The molecule has 3 nitrogen and oxygen atoms in total. The minimum atomic E-state index is 0.0696. The quantitative estimate of drug-likeness (QED) is 0.806. The van der Waals surface area contributed by atoms with E-state index in [9.17, 15) is 0 Å². The lowest BCUT2D eigenvalue weighted by Crippen LogP contribution is -2.07. The number of nitrogens with two attached hydrogens (primary N) is 1. The van der Waals surface area contributed by atoms with E-state index in [1.807, 2.05) is 57.2 Å². The van der Waals surface area contributed by atoms with E-state index >= 15 is 0 Å². The number of anilines is 1. The van der Waals surface area contributed by atoms with Gasteiger partial charge < -0.3 is 15.2 Å². The molecule has 0 aromatic heterocycles. The van der Waals surface area contributed by atoms with Crippen LogP contribution in [0.2, 0.25) is 0 Å². The Balaban J connectivity index is 2.32. The summed E-state index contributed by atoms with van der Waals surface area (Å²) in [5, 5.41) is 0. The highest BCUT2D eigenvalue weighted by atomic mass is 79.9. The summed E-state index contributed by atoms with van der Waals surface area (Å²) in [6.45, 7) is 5.92. The van der Waals surface area contributed by atoms with Crippen molar-refractivity contribution in [3.8, 4) is 17.2 Å². The van der Waals surface area contributed by atoms with E-state index in [0.717, 1.165) is 15.8 Å². The number of rotatable bonds is 4. The average molecular weight is 336 g/mol. The van der Waals surface area contributed by atoms with Crippen molar-refractivity contribution in [2.45, 2.75) is 26.9 Å². The molecule has 2 aromatic rings. The van der Waals surface area contributed by atoms with Crippen LogP contribution < -0.4 is 15.2 Å². The maximum Gasteiger partial charge on any atom is 0.154 e. The molecule has 0 aliphatic rings. The fourth-order valence-electron chi connectivity index (χ4n) is 1.77. The smallest absolute Gasteiger partial charge is 0.154 e. The van der Waals surface area contributed by atoms with Crippen molar-refractivity contribution in [1.29, 1.82) is 0 Å². The Hall–Kier alpha value is -1.68. The Morgan fingerprint density at radius 3 is 2.45 bits per heavy atom. The van der Waals surface area contributed by atoms with E-state index in [1.165, 1.54) is 0 Å². The first-order chi connectivity index (χ1) is 9.47. The summed E-state index contributed by atoms with van der Waals surface area (Å²) in [7, 11) is 0. The van der Waals surface area contributed by atoms with E-state index in [2.05, 4.69) is 15.9 Å². The molecule has 0 bridgehead atoms. The Morgan fingerprint density at radius 2 is 1.75 bits per heavy atom. The van der Waals surface area contributed by atoms with Gasteiger partial charge in [-0.05, 0) is 50.6 Å². The maximum absolute atomic E-state index is 6.11. The van der Waals surface area contributed by atoms with Gasteiger partial charge in [-0.25, -0.2) is 0 Å². The number of benzene rings is 2. The molecule has 0 aliphatic carbocycles. The normalized spacial score (nSPS) is 10.7. The number of hydrogen-bond acceptors (Lipinski definition) is 3. The molecule has 0 fully saturated rings. The molecule has 20 heavy (non-hydrogen) atoms. The van der Waals surface area contributed by atoms with Gasteiger partial charge in [-0.1, -0.05) is 28.1 Å².